The van der Waals surface area contributed by atoms with Crippen molar-refractivity contribution in [2.45, 2.75) is 46.0 Å². The van der Waals surface area contributed by atoms with Gasteiger partial charge >= 0.3 is 0 Å². The monoisotopic (exact) mass is 394 g/mol. The largest absolute Gasteiger partial charge is 0.357 e. The van der Waals surface area contributed by atoms with Crippen LogP contribution in [0.1, 0.15) is 50.7 Å². The van der Waals surface area contributed by atoms with Crippen LogP contribution >= 0.6 is 0 Å². The average molecular weight is 395 g/mol. The average Bonchev–Trinajstić information content (AvgIpc) is 2.97. The SMILES string of the molecule is CCNC(=NCCCc1ccc(C(C)C)cc1)NCCN1CCCS1(=O)=O. The van der Waals surface area contributed by atoms with E-state index in [1.54, 1.807) is 4.31 Å². The van der Waals surface area contributed by atoms with Crippen LogP contribution in [0.5, 0.6) is 0 Å². The normalized spacial score (nSPS) is 17.4. The van der Waals surface area contributed by atoms with Crippen molar-refractivity contribution in [2.24, 2.45) is 4.99 Å². The number of benzene rings is 1. The summed E-state index contributed by atoms with van der Waals surface area (Å²) in [6.45, 7) is 9.66. The van der Waals surface area contributed by atoms with Crippen LogP contribution in [-0.4, -0.2) is 57.2 Å². The molecule has 6 nitrogen and oxygen atoms in total. The Morgan fingerprint density at radius 3 is 2.56 bits per heavy atom. The second-order valence-electron chi connectivity index (χ2n) is 7.26. The molecule has 0 bridgehead atoms. The highest BCUT2D eigenvalue weighted by Gasteiger charge is 2.27. The van der Waals surface area contributed by atoms with E-state index in [0.29, 0.717) is 25.6 Å². The lowest BCUT2D eigenvalue weighted by atomic mass is 10.0. The molecule has 0 unspecified atom stereocenters. The Kier molecular flexibility index (Phi) is 8.57. The molecule has 2 N–H and O–H groups in total. The summed E-state index contributed by atoms with van der Waals surface area (Å²) in [5.41, 5.74) is 2.71. The van der Waals surface area contributed by atoms with Crippen LogP contribution in [0.25, 0.3) is 0 Å². The summed E-state index contributed by atoms with van der Waals surface area (Å²) in [6.07, 6.45) is 2.72. The number of sulfonamides is 1. The molecule has 27 heavy (non-hydrogen) atoms. The van der Waals surface area contributed by atoms with Crippen LogP contribution < -0.4 is 10.6 Å². The number of guanidine groups is 1. The van der Waals surface area contributed by atoms with Crippen LogP contribution in [0.3, 0.4) is 0 Å². The van der Waals surface area contributed by atoms with Crippen molar-refractivity contribution in [3.8, 4) is 0 Å². The third kappa shape index (κ3) is 7.14. The summed E-state index contributed by atoms with van der Waals surface area (Å²) in [6, 6.07) is 8.83. The van der Waals surface area contributed by atoms with E-state index in [1.807, 2.05) is 6.92 Å². The van der Waals surface area contributed by atoms with Crippen molar-refractivity contribution < 1.29 is 8.42 Å². The molecule has 7 heteroatoms. The van der Waals surface area contributed by atoms with Gasteiger partial charge in [-0.05, 0) is 43.2 Å². The van der Waals surface area contributed by atoms with E-state index in [4.69, 9.17) is 0 Å². The zero-order valence-electron chi connectivity index (χ0n) is 16.9. The Morgan fingerprint density at radius 1 is 1.22 bits per heavy atom. The molecule has 1 heterocycles. The molecule has 0 saturated carbocycles. The first kappa shape index (κ1) is 21.7. The second-order valence-corrected chi connectivity index (χ2v) is 9.34. The van der Waals surface area contributed by atoms with Crippen molar-refractivity contribution in [3.63, 3.8) is 0 Å². The first-order chi connectivity index (χ1) is 12.9. The van der Waals surface area contributed by atoms with Crippen LogP contribution in [0.15, 0.2) is 29.3 Å². The predicted octanol–water partition coefficient (Wildman–Crippen LogP) is 2.33. The quantitative estimate of drug-likeness (QED) is 0.383. The Labute approximate surface area is 164 Å². The molecule has 1 aromatic rings. The number of hydrogen-bond donors (Lipinski definition) is 2. The van der Waals surface area contributed by atoms with Gasteiger partial charge in [-0.15, -0.1) is 0 Å². The van der Waals surface area contributed by atoms with Gasteiger partial charge in [0.05, 0.1) is 5.75 Å². The standard InChI is InChI=1S/C20H34N4O2S/c1-4-21-20(23-13-15-24-14-6-16-27(24,25)26)22-12-5-7-18-8-10-19(11-9-18)17(2)3/h8-11,17H,4-7,12-16H2,1-3H3,(H2,21,22,23). The molecule has 0 aromatic heterocycles. The summed E-state index contributed by atoms with van der Waals surface area (Å²) < 4.78 is 25.2. The predicted molar refractivity (Wildman–Crippen MR) is 113 cm³/mol. The first-order valence-corrected chi connectivity index (χ1v) is 11.6. The van der Waals surface area contributed by atoms with Gasteiger partial charge in [0.2, 0.25) is 10.0 Å². The highest BCUT2D eigenvalue weighted by Crippen LogP contribution is 2.15. The van der Waals surface area contributed by atoms with E-state index in [9.17, 15) is 8.42 Å². The Bertz CT molecular complexity index is 699. The molecule has 0 atom stereocenters. The molecular weight excluding hydrogens is 360 g/mol. The van der Waals surface area contributed by atoms with Gasteiger partial charge < -0.3 is 10.6 Å². The number of aryl methyl sites for hydroxylation is 1. The molecule has 0 amide bonds. The third-order valence-corrected chi connectivity index (χ3v) is 6.70. The highest BCUT2D eigenvalue weighted by atomic mass is 32.2. The van der Waals surface area contributed by atoms with E-state index in [1.165, 1.54) is 11.1 Å². The zero-order valence-corrected chi connectivity index (χ0v) is 17.7. The Morgan fingerprint density at radius 2 is 1.96 bits per heavy atom. The van der Waals surface area contributed by atoms with Crippen molar-refractivity contribution >= 4 is 16.0 Å². The molecule has 0 spiro atoms. The van der Waals surface area contributed by atoms with Crippen molar-refractivity contribution in [2.75, 3.05) is 38.5 Å². The van der Waals surface area contributed by atoms with Crippen molar-refractivity contribution in [1.29, 1.82) is 0 Å². The van der Waals surface area contributed by atoms with E-state index in [0.717, 1.165) is 38.3 Å². The maximum atomic E-state index is 11.8. The van der Waals surface area contributed by atoms with Gasteiger partial charge in [-0.25, -0.2) is 12.7 Å². The fraction of sp³-hybridized carbons (Fsp3) is 0.650. The molecule has 152 valence electrons. The van der Waals surface area contributed by atoms with Crippen LogP contribution in [0, 0.1) is 0 Å². The lowest BCUT2D eigenvalue weighted by molar-refractivity contribution is 0.445. The number of rotatable bonds is 9. The molecule has 1 saturated heterocycles. The van der Waals surface area contributed by atoms with E-state index >= 15 is 0 Å². The van der Waals surface area contributed by atoms with Gasteiger partial charge in [0.15, 0.2) is 5.96 Å². The number of nitrogens with zero attached hydrogens (tertiary/aromatic N) is 2. The van der Waals surface area contributed by atoms with Gasteiger partial charge in [-0.1, -0.05) is 38.1 Å². The van der Waals surface area contributed by atoms with E-state index in [2.05, 4.69) is 53.7 Å². The lowest BCUT2D eigenvalue weighted by Gasteiger charge is -2.16. The third-order valence-electron chi connectivity index (χ3n) is 4.74. The molecule has 1 fully saturated rings. The smallest absolute Gasteiger partial charge is 0.214 e. The fourth-order valence-corrected chi connectivity index (χ4v) is 4.66. The minimum absolute atomic E-state index is 0.277. The molecule has 0 radical (unpaired) electrons. The van der Waals surface area contributed by atoms with Crippen molar-refractivity contribution in [3.05, 3.63) is 35.4 Å². The van der Waals surface area contributed by atoms with Gasteiger partial charge in [0.1, 0.15) is 0 Å². The van der Waals surface area contributed by atoms with Crippen LogP contribution in [0.4, 0.5) is 0 Å². The molecule has 2 rings (SSSR count). The highest BCUT2D eigenvalue weighted by molar-refractivity contribution is 7.89. The fourth-order valence-electron chi connectivity index (χ4n) is 3.13. The minimum atomic E-state index is -3.02. The molecule has 1 aliphatic rings. The minimum Gasteiger partial charge on any atom is -0.357 e. The number of nitrogens with one attached hydrogen (secondary N) is 2. The second kappa shape index (κ2) is 10.7. The summed E-state index contributed by atoms with van der Waals surface area (Å²) in [7, 11) is -3.02. The maximum Gasteiger partial charge on any atom is 0.214 e. The topological polar surface area (TPSA) is 73.8 Å². The summed E-state index contributed by atoms with van der Waals surface area (Å²) in [5.74, 6) is 1.59. The zero-order chi connectivity index (χ0) is 19.7. The Hall–Kier alpha value is -1.60. The Balaban J connectivity index is 1.74. The lowest BCUT2D eigenvalue weighted by Crippen LogP contribution is -2.42. The van der Waals surface area contributed by atoms with Gasteiger partial charge in [-0.3, -0.25) is 4.99 Å². The van der Waals surface area contributed by atoms with E-state index < -0.39 is 10.0 Å². The summed E-state index contributed by atoms with van der Waals surface area (Å²) in [5, 5.41) is 6.45. The molecular formula is C20H34N4O2S. The maximum absolute atomic E-state index is 11.8. The number of aliphatic imine (C=N–C) groups is 1. The summed E-state index contributed by atoms with van der Waals surface area (Å²) >= 11 is 0. The van der Waals surface area contributed by atoms with Gasteiger partial charge in [0.25, 0.3) is 0 Å². The summed E-state index contributed by atoms with van der Waals surface area (Å²) in [4.78, 5) is 4.60. The first-order valence-electron chi connectivity index (χ1n) is 10.0. The van der Waals surface area contributed by atoms with Crippen LogP contribution in [-0.2, 0) is 16.4 Å². The van der Waals surface area contributed by atoms with E-state index in [-0.39, 0.29) is 5.75 Å². The van der Waals surface area contributed by atoms with Crippen LogP contribution in [0.2, 0.25) is 0 Å². The van der Waals surface area contributed by atoms with Gasteiger partial charge in [0, 0.05) is 32.7 Å². The molecule has 0 aliphatic carbocycles. The molecule has 1 aromatic carbocycles. The van der Waals surface area contributed by atoms with Gasteiger partial charge in [-0.2, -0.15) is 0 Å². The molecule has 1 aliphatic heterocycles. The number of hydrogen-bond acceptors (Lipinski definition) is 3. The van der Waals surface area contributed by atoms with Crippen molar-refractivity contribution in [1.82, 2.24) is 14.9 Å².